The molecule has 0 radical (unpaired) electrons. The maximum Gasteiger partial charge on any atom is 0.319 e. The monoisotopic (exact) mass is 299 g/mol. The predicted octanol–water partition coefficient (Wildman–Crippen LogP) is 1.79. The zero-order valence-corrected chi connectivity index (χ0v) is 12.3. The van der Waals surface area contributed by atoms with Crippen LogP contribution >= 0.6 is 0 Å². The molecular weight excluding hydrogens is 282 g/mol. The van der Waals surface area contributed by atoms with Gasteiger partial charge in [-0.05, 0) is 25.5 Å². The lowest BCUT2D eigenvalue weighted by Gasteiger charge is -2.14. The number of carbonyl (C=O) groups excluding carboxylic acids is 1. The van der Waals surface area contributed by atoms with E-state index in [0.29, 0.717) is 17.0 Å². The van der Waals surface area contributed by atoms with Gasteiger partial charge in [-0.2, -0.15) is 0 Å². The van der Waals surface area contributed by atoms with Gasteiger partial charge in [-0.1, -0.05) is 0 Å². The molecule has 8 heteroatoms. The van der Waals surface area contributed by atoms with E-state index in [4.69, 9.17) is 0 Å². The maximum atomic E-state index is 11.7. The summed E-state index contributed by atoms with van der Waals surface area (Å²) in [4.78, 5) is 21.8. The second-order valence-electron chi connectivity index (χ2n) is 4.50. The third-order valence-electron chi connectivity index (χ3n) is 2.53. The molecular formula is C12H17N3O4S. The summed E-state index contributed by atoms with van der Waals surface area (Å²) >= 11 is 0. The molecule has 1 rings (SSSR count). The summed E-state index contributed by atoms with van der Waals surface area (Å²) in [5, 5.41) is 15.9. The van der Waals surface area contributed by atoms with Gasteiger partial charge >= 0.3 is 6.03 Å². The fourth-order valence-electron chi connectivity index (χ4n) is 1.68. The molecule has 0 aliphatic heterocycles. The van der Waals surface area contributed by atoms with Crippen molar-refractivity contribution < 1.29 is 13.9 Å². The van der Waals surface area contributed by atoms with Gasteiger partial charge in [0, 0.05) is 46.7 Å². The molecule has 0 bridgehead atoms. The molecule has 0 saturated heterocycles. The lowest BCUT2D eigenvalue weighted by molar-refractivity contribution is -0.384. The zero-order chi connectivity index (χ0) is 15.3. The van der Waals surface area contributed by atoms with Crippen LogP contribution in [0.25, 0.3) is 0 Å². The van der Waals surface area contributed by atoms with E-state index >= 15 is 0 Å². The minimum absolute atomic E-state index is 0.0248. The van der Waals surface area contributed by atoms with Crippen molar-refractivity contribution >= 4 is 28.2 Å². The Morgan fingerprint density at radius 2 is 2.15 bits per heavy atom. The van der Waals surface area contributed by atoms with Crippen molar-refractivity contribution in [1.29, 1.82) is 0 Å². The highest BCUT2D eigenvalue weighted by Gasteiger charge is 2.12. The van der Waals surface area contributed by atoms with Crippen molar-refractivity contribution in [3.63, 3.8) is 0 Å². The predicted molar refractivity (Wildman–Crippen MR) is 78.4 cm³/mol. The van der Waals surface area contributed by atoms with E-state index in [1.165, 1.54) is 18.2 Å². The molecule has 7 nitrogen and oxygen atoms in total. The first-order valence-corrected chi connectivity index (χ1v) is 7.65. The van der Waals surface area contributed by atoms with E-state index < -0.39 is 21.8 Å². The quantitative estimate of drug-likeness (QED) is 0.639. The summed E-state index contributed by atoms with van der Waals surface area (Å²) in [5.74, 6) is 0.368. The van der Waals surface area contributed by atoms with Gasteiger partial charge in [0.25, 0.3) is 5.69 Å². The summed E-state index contributed by atoms with van der Waals surface area (Å²) < 4.78 is 11.0. The van der Waals surface area contributed by atoms with Gasteiger partial charge in [-0.15, -0.1) is 0 Å². The normalized spacial score (nSPS) is 13.3. The molecule has 0 fully saturated rings. The molecule has 110 valence electrons. The van der Waals surface area contributed by atoms with E-state index in [-0.39, 0.29) is 11.7 Å². The minimum Gasteiger partial charge on any atom is -0.334 e. The third kappa shape index (κ3) is 4.96. The summed E-state index contributed by atoms with van der Waals surface area (Å²) in [6, 6.07) is 3.54. The lowest BCUT2D eigenvalue weighted by Crippen LogP contribution is -2.39. The Balaban J connectivity index is 2.67. The number of nitro benzene ring substituents is 1. The topological polar surface area (TPSA) is 101 Å². The van der Waals surface area contributed by atoms with Gasteiger partial charge < -0.3 is 10.6 Å². The Morgan fingerprint density at radius 1 is 1.50 bits per heavy atom. The first-order valence-electron chi connectivity index (χ1n) is 5.92. The number of rotatable bonds is 5. The zero-order valence-electron chi connectivity index (χ0n) is 11.5. The van der Waals surface area contributed by atoms with E-state index in [0.717, 1.165) is 0 Å². The van der Waals surface area contributed by atoms with E-state index in [1.54, 1.807) is 20.1 Å². The van der Waals surface area contributed by atoms with Gasteiger partial charge in [0.2, 0.25) is 0 Å². The Labute approximate surface area is 119 Å². The van der Waals surface area contributed by atoms with E-state index in [2.05, 4.69) is 10.6 Å². The maximum absolute atomic E-state index is 11.7. The number of non-ortho nitro benzene ring substituents is 1. The summed E-state index contributed by atoms with van der Waals surface area (Å²) in [7, 11) is -0.989. The van der Waals surface area contributed by atoms with Crippen molar-refractivity contribution in [2.24, 2.45) is 0 Å². The number of nitro groups is 1. The highest BCUT2D eigenvalue weighted by molar-refractivity contribution is 7.84. The standard InChI is InChI=1S/C12H17N3O4S/c1-8-6-10(15(17)18)4-5-11(8)14-12(16)13-9(2)7-20(3)19/h4-6,9H,7H2,1-3H3,(H2,13,14,16)/t9-,20-/m0/s1. The van der Waals surface area contributed by atoms with Crippen LogP contribution in [0.3, 0.4) is 0 Å². The van der Waals surface area contributed by atoms with Crippen LogP contribution in [-0.2, 0) is 10.8 Å². The molecule has 0 aliphatic rings. The summed E-state index contributed by atoms with van der Waals surface area (Å²) in [6.45, 7) is 3.43. The molecule has 0 saturated carbocycles. The van der Waals surface area contributed by atoms with Crippen LogP contribution < -0.4 is 10.6 Å². The number of anilines is 1. The molecule has 0 aliphatic carbocycles. The highest BCUT2D eigenvalue weighted by atomic mass is 32.2. The smallest absolute Gasteiger partial charge is 0.319 e. The number of hydrogen-bond acceptors (Lipinski definition) is 4. The van der Waals surface area contributed by atoms with Crippen LogP contribution in [0.2, 0.25) is 0 Å². The van der Waals surface area contributed by atoms with Gasteiger partial charge in [-0.3, -0.25) is 14.3 Å². The number of nitrogens with zero attached hydrogens (tertiary/aromatic N) is 1. The SMILES string of the molecule is Cc1cc([N+](=O)[O-])ccc1NC(=O)N[C@@H](C)C[S@](C)=O. The number of benzene rings is 1. The Bertz CT molecular complexity index is 548. The van der Waals surface area contributed by atoms with Gasteiger partial charge in [-0.25, -0.2) is 4.79 Å². The first-order chi connectivity index (χ1) is 9.29. The second-order valence-corrected chi connectivity index (χ2v) is 5.98. The van der Waals surface area contributed by atoms with E-state index in [1.807, 2.05) is 0 Å². The van der Waals surface area contributed by atoms with Crippen molar-refractivity contribution in [2.45, 2.75) is 19.9 Å². The summed E-state index contributed by atoms with van der Waals surface area (Å²) in [6.07, 6.45) is 1.57. The number of urea groups is 1. The molecule has 2 amide bonds. The largest absolute Gasteiger partial charge is 0.334 e. The third-order valence-corrected chi connectivity index (χ3v) is 3.50. The fraction of sp³-hybridized carbons (Fsp3) is 0.417. The van der Waals surface area contributed by atoms with Crippen LogP contribution in [0, 0.1) is 17.0 Å². The minimum atomic E-state index is -0.989. The summed E-state index contributed by atoms with van der Waals surface area (Å²) in [5.41, 5.74) is 1.07. The Kier molecular flexibility index (Phi) is 5.63. The number of carbonyl (C=O) groups is 1. The number of aryl methyl sites for hydroxylation is 1. The second kappa shape index (κ2) is 6.99. The average molecular weight is 299 g/mol. The molecule has 2 N–H and O–H groups in total. The van der Waals surface area contributed by atoms with Crippen molar-refractivity contribution in [1.82, 2.24) is 5.32 Å². The van der Waals surface area contributed by atoms with Gasteiger partial charge in [0.15, 0.2) is 0 Å². The number of amides is 2. The highest BCUT2D eigenvalue weighted by Crippen LogP contribution is 2.20. The Hall–Kier alpha value is -1.96. The first kappa shape index (κ1) is 16.1. The van der Waals surface area contributed by atoms with Crippen molar-refractivity contribution in [3.05, 3.63) is 33.9 Å². The van der Waals surface area contributed by atoms with Crippen LogP contribution in [-0.4, -0.2) is 33.2 Å². The van der Waals surface area contributed by atoms with Crippen molar-refractivity contribution in [2.75, 3.05) is 17.3 Å². The van der Waals surface area contributed by atoms with Crippen molar-refractivity contribution in [3.8, 4) is 0 Å². The van der Waals surface area contributed by atoms with Gasteiger partial charge in [0.05, 0.1) is 4.92 Å². The van der Waals surface area contributed by atoms with Crippen LogP contribution in [0.4, 0.5) is 16.2 Å². The molecule has 2 atom stereocenters. The lowest BCUT2D eigenvalue weighted by atomic mass is 10.2. The Morgan fingerprint density at radius 3 is 2.65 bits per heavy atom. The molecule has 0 spiro atoms. The molecule has 1 aromatic rings. The average Bonchev–Trinajstić information content (AvgIpc) is 2.30. The number of hydrogen-bond donors (Lipinski definition) is 2. The molecule has 0 aromatic heterocycles. The molecule has 0 heterocycles. The number of nitrogens with one attached hydrogen (secondary N) is 2. The van der Waals surface area contributed by atoms with E-state index in [9.17, 15) is 19.1 Å². The van der Waals surface area contributed by atoms with Gasteiger partial charge in [0.1, 0.15) is 0 Å². The van der Waals surface area contributed by atoms with Crippen LogP contribution in [0.15, 0.2) is 18.2 Å². The molecule has 0 unspecified atom stereocenters. The molecule has 20 heavy (non-hydrogen) atoms. The molecule has 1 aromatic carbocycles. The fourth-order valence-corrected chi connectivity index (χ4v) is 2.47. The van der Waals surface area contributed by atoms with Crippen LogP contribution in [0.5, 0.6) is 0 Å². The van der Waals surface area contributed by atoms with Crippen LogP contribution in [0.1, 0.15) is 12.5 Å².